The van der Waals surface area contributed by atoms with Crippen molar-refractivity contribution in [3.8, 4) is 5.75 Å². The normalized spacial score (nSPS) is 26.2. The number of hydrogen-bond donors (Lipinski definition) is 2. The minimum Gasteiger partial charge on any atom is -0.491 e. The lowest BCUT2D eigenvalue weighted by atomic mass is 10.0. The van der Waals surface area contributed by atoms with E-state index in [9.17, 15) is 4.79 Å². The molecule has 2 heterocycles. The predicted molar refractivity (Wildman–Crippen MR) is 71.8 cm³/mol. The number of amides is 1. The first-order chi connectivity index (χ1) is 8.83. The molecule has 0 radical (unpaired) electrons. The molecule has 1 saturated heterocycles. The zero-order chi connectivity index (χ0) is 12.4. The van der Waals surface area contributed by atoms with Crippen LogP contribution in [0.15, 0.2) is 24.3 Å². The maximum absolute atomic E-state index is 12.0. The van der Waals surface area contributed by atoms with Crippen LogP contribution in [-0.2, 0) is 11.2 Å². The Labute approximate surface area is 110 Å². The highest BCUT2D eigenvalue weighted by Gasteiger charge is 2.26. The molecule has 0 aliphatic carbocycles. The second kappa shape index (κ2) is 5.20. The van der Waals surface area contributed by atoms with E-state index in [1.54, 1.807) is 11.8 Å². The average Bonchev–Trinajstić information content (AvgIpc) is 2.92. The molecule has 0 aromatic heterocycles. The highest BCUT2D eigenvalue weighted by atomic mass is 32.2. The molecule has 3 rings (SSSR count). The van der Waals surface area contributed by atoms with Gasteiger partial charge in [-0.15, -0.1) is 11.8 Å². The van der Waals surface area contributed by atoms with Crippen molar-refractivity contribution in [3.63, 3.8) is 0 Å². The Morgan fingerprint density at radius 3 is 3.17 bits per heavy atom. The number of nitrogens with one attached hydrogen (secondary N) is 2. The van der Waals surface area contributed by atoms with Crippen LogP contribution in [-0.4, -0.2) is 36.2 Å². The maximum atomic E-state index is 12.0. The van der Waals surface area contributed by atoms with Gasteiger partial charge in [0.15, 0.2) is 0 Å². The van der Waals surface area contributed by atoms with Crippen molar-refractivity contribution in [2.45, 2.75) is 18.5 Å². The Bertz CT molecular complexity index is 446. The van der Waals surface area contributed by atoms with Crippen molar-refractivity contribution >= 4 is 17.7 Å². The first kappa shape index (κ1) is 11.9. The minimum atomic E-state index is -0.0489. The highest BCUT2D eigenvalue weighted by Crippen LogP contribution is 2.24. The van der Waals surface area contributed by atoms with Crippen LogP contribution in [0.4, 0.5) is 0 Å². The molecule has 2 atom stereocenters. The van der Waals surface area contributed by atoms with Crippen molar-refractivity contribution in [2.75, 3.05) is 18.2 Å². The van der Waals surface area contributed by atoms with Crippen LogP contribution in [0.5, 0.6) is 5.75 Å². The third-order valence-electron chi connectivity index (χ3n) is 3.26. The molecule has 5 heteroatoms. The quantitative estimate of drug-likeness (QED) is 0.828. The van der Waals surface area contributed by atoms with Crippen molar-refractivity contribution in [3.05, 3.63) is 29.8 Å². The summed E-state index contributed by atoms with van der Waals surface area (Å²) >= 11 is 1.76. The van der Waals surface area contributed by atoms with Crippen LogP contribution in [0.1, 0.15) is 5.56 Å². The van der Waals surface area contributed by atoms with Gasteiger partial charge < -0.3 is 10.1 Å². The zero-order valence-electron chi connectivity index (χ0n) is 10.0. The van der Waals surface area contributed by atoms with Crippen LogP contribution < -0.4 is 15.4 Å². The van der Waals surface area contributed by atoms with Gasteiger partial charge in [0.1, 0.15) is 12.4 Å². The summed E-state index contributed by atoms with van der Waals surface area (Å²) in [6, 6.07) is 8.03. The molecule has 4 nitrogen and oxygen atoms in total. The van der Waals surface area contributed by atoms with Crippen molar-refractivity contribution < 1.29 is 9.53 Å². The molecule has 0 saturated carbocycles. The van der Waals surface area contributed by atoms with E-state index in [0.717, 1.165) is 23.8 Å². The van der Waals surface area contributed by atoms with E-state index < -0.39 is 0 Å². The lowest BCUT2D eigenvalue weighted by Crippen LogP contribution is -2.50. The Hall–Kier alpha value is -1.20. The summed E-state index contributed by atoms with van der Waals surface area (Å²) in [5.74, 6) is 2.75. The molecule has 2 N–H and O–H groups in total. The van der Waals surface area contributed by atoms with Gasteiger partial charge in [0.25, 0.3) is 0 Å². The van der Waals surface area contributed by atoms with E-state index in [1.165, 1.54) is 5.56 Å². The number of hydrogen-bond acceptors (Lipinski definition) is 4. The first-order valence-electron chi connectivity index (χ1n) is 6.15. The monoisotopic (exact) mass is 264 g/mol. The molecule has 0 bridgehead atoms. The Balaban J connectivity index is 1.60. The number of thioether (sulfide) groups is 1. The molecular weight excluding hydrogens is 248 g/mol. The Morgan fingerprint density at radius 2 is 2.33 bits per heavy atom. The number of carbonyl (C=O) groups is 1. The molecular formula is C13H16N2O2S. The summed E-state index contributed by atoms with van der Waals surface area (Å²) in [4.78, 5) is 12.0. The van der Waals surface area contributed by atoms with E-state index in [0.29, 0.717) is 6.61 Å². The molecule has 1 fully saturated rings. The Kier molecular flexibility index (Phi) is 3.43. The number of rotatable bonds is 2. The van der Waals surface area contributed by atoms with Gasteiger partial charge in [-0.1, -0.05) is 18.2 Å². The number of fused-ring (bicyclic) bond motifs is 1. The molecule has 1 aromatic rings. The van der Waals surface area contributed by atoms with Crippen LogP contribution in [0, 0.1) is 0 Å². The van der Waals surface area contributed by atoms with Gasteiger partial charge in [-0.25, -0.2) is 0 Å². The predicted octanol–water partition coefficient (Wildman–Crippen LogP) is 0.769. The topological polar surface area (TPSA) is 50.4 Å². The lowest BCUT2D eigenvalue weighted by molar-refractivity contribution is -0.123. The molecule has 1 aromatic carbocycles. The second-order valence-electron chi connectivity index (χ2n) is 4.60. The molecule has 2 unspecified atom stereocenters. The fourth-order valence-electron chi connectivity index (χ4n) is 2.29. The standard InChI is InChI=1S/C13H16N2O2S/c16-13(11-7-18-8-14-11)15-10-5-9-3-1-2-4-12(9)17-6-10/h1-4,10-11,14H,5-8H2,(H,15,16). The highest BCUT2D eigenvalue weighted by molar-refractivity contribution is 7.99. The molecule has 1 amide bonds. The van der Waals surface area contributed by atoms with E-state index in [-0.39, 0.29) is 18.0 Å². The number of ether oxygens (including phenoxy) is 1. The second-order valence-corrected chi connectivity index (χ2v) is 5.63. The van der Waals surface area contributed by atoms with Crippen molar-refractivity contribution in [2.24, 2.45) is 0 Å². The molecule has 2 aliphatic heterocycles. The summed E-state index contributed by atoms with van der Waals surface area (Å²) in [7, 11) is 0. The van der Waals surface area contributed by atoms with Crippen LogP contribution in [0.2, 0.25) is 0 Å². The fraction of sp³-hybridized carbons (Fsp3) is 0.462. The van der Waals surface area contributed by atoms with E-state index in [2.05, 4.69) is 16.7 Å². The summed E-state index contributed by atoms with van der Waals surface area (Å²) in [6.45, 7) is 0.558. The summed E-state index contributed by atoms with van der Waals surface area (Å²) in [6.07, 6.45) is 0.849. The van der Waals surface area contributed by atoms with Gasteiger partial charge in [0.2, 0.25) is 5.91 Å². The van der Waals surface area contributed by atoms with Crippen LogP contribution >= 0.6 is 11.8 Å². The van der Waals surface area contributed by atoms with Gasteiger partial charge in [0, 0.05) is 11.6 Å². The molecule has 2 aliphatic rings. The summed E-state index contributed by atoms with van der Waals surface area (Å²) in [5.41, 5.74) is 1.17. The largest absolute Gasteiger partial charge is 0.491 e. The maximum Gasteiger partial charge on any atom is 0.238 e. The average molecular weight is 264 g/mol. The number of carbonyl (C=O) groups excluding carboxylic acids is 1. The van der Waals surface area contributed by atoms with E-state index in [1.807, 2.05) is 18.2 Å². The zero-order valence-corrected chi connectivity index (χ0v) is 10.8. The first-order valence-corrected chi connectivity index (χ1v) is 7.30. The van der Waals surface area contributed by atoms with Crippen LogP contribution in [0.25, 0.3) is 0 Å². The van der Waals surface area contributed by atoms with Gasteiger partial charge >= 0.3 is 0 Å². The molecule has 96 valence electrons. The number of benzene rings is 1. The Morgan fingerprint density at radius 1 is 1.44 bits per heavy atom. The van der Waals surface area contributed by atoms with Crippen molar-refractivity contribution in [1.82, 2.24) is 10.6 Å². The number of para-hydroxylation sites is 1. The lowest BCUT2D eigenvalue weighted by Gasteiger charge is -2.26. The third-order valence-corrected chi connectivity index (χ3v) is 4.20. The van der Waals surface area contributed by atoms with Gasteiger partial charge in [-0.2, -0.15) is 0 Å². The van der Waals surface area contributed by atoms with Crippen molar-refractivity contribution in [1.29, 1.82) is 0 Å². The fourth-order valence-corrected chi connectivity index (χ4v) is 3.23. The van der Waals surface area contributed by atoms with E-state index >= 15 is 0 Å². The summed E-state index contributed by atoms with van der Waals surface area (Å²) in [5, 5.41) is 6.24. The minimum absolute atomic E-state index is 0.0489. The smallest absolute Gasteiger partial charge is 0.238 e. The van der Waals surface area contributed by atoms with Crippen LogP contribution in [0.3, 0.4) is 0 Å². The molecule has 0 spiro atoms. The molecule has 18 heavy (non-hydrogen) atoms. The van der Waals surface area contributed by atoms with Gasteiger partial charge in [0.05, 0.1) is 12.1 Å². The summed E-state index contributed by atoms with van der Waals surface area (Å²) < 4.78 is 5.66. The van der Waals surface area contributed by atoms with E-state index in [4.69, 9.17) is 4.74 Å². The SMILES string of the molecule is O=C(NC1COc2ccccc2C1)C1CSCN1. The third kappa shape index (κ3) is 2.47. The van der Waals surface area contributed by atoms with Gasteiger partial charge in [-0.3, -0.25) is 10.1 Å². The van der Waals surface area contributed by atoms with Gasteiger partial charge in [-0.05, 0) is 18.1 Å².